The van der Waals surface area contributed by atoms with Crippen molar-refractivity contribution in [2.45, 2.75) is 32.1 Å². The molecule has 1 atom stereocenters. The number of hydrogen-bond acceptors (Lipinski definition) is 7. The molecule has 0 saturated carbocycles. The summed E-state index contributed by atoms with van der Waals surface area (Å²) in [4.78, 5) is 23.9. The van der Waals surface area contributed by atoms with Crippen LogP contribution in [0.4, 0.5) is 17.6 Å². The largest absolute Gasteiger partial charge is 0.478 e. The number of fused-ring (bicyclic) bond motifs is 1. The molecule has 1 aliphatic rings. The number of thiazole rings is 1. The molecule has 1 aliphatic heterocycles. The van der Waals surface area contributed by atoms with Gasteiger partial charge in [0, 0.05) is 18.6 Å². The number of ether oxygens (including phenoxy) is 2. The summed E-state index contributed by atoms with van der Waals surface area (Å²) in [6.07, 6.45) is 1.71. The average Bonchev–Trinajstić information content (AvgIpc) is 3.50. The van der Waals surface area contributed by atoms with Crippen LogP contribution in [0.1, 0.15) is 33.2 Å². The van der Waals surface area contributed by atoms with E-state index in [-0.39, 0.29) is 64.9 Å². The number of benzene rings is 2. The zero-order valence-corrected chi connectivity index (χ0v) is 23.0. The van der Waals surface area contributed by atoms with Gasteiger partial charge in [-0.1, -0.05) is 11.6 Å². The molecule has 1 unspecified atom stereocenters. The molecule has 1 fully saturated rings. The summed E-state index contributed by atoms with van der Waals surface area (Å²) in [6, 6.07) is 6.28. The fraction of sp³-hybridized carbons (Fsp3) is 0.214. The third-order valence-electron chi connectivity index (χ3n) is 6.75. The van der Waals surface area contributed by atoms with Gasteiger partial charge in [-0.3, -0.25) is 0 Å². The van der Waals surface area contributed by atoms with E-state index >= 15 is 8.78 Å². The van der Waals surface area contributed by atoms with Crippen molar-refractivity contribution in [3.05, 3.63) is 92.2 Å². The monoisotopic (exact) mass is 618 g/mol. The minimum atomic E-state index is -1.32. The van der Waals surface area contributed by atoms with Gasteiger partial charge in [-0.2, -0.15) is 0 Å². The second-order valence-corrected chi connectivity index (χ2v) is 11.2. The van der Waals surface area contributed by atoms with Gasteiger partial charge >= 0.3 is 5.97 Å². The fourth-order valence-electron chi connectivity index (χ4n) is 4.57. The van der Waals surface area contributed by atoms with Crippen molar-refractivity contribution in [3.8, 4) is 17.1 Å². The van der Waals surface area contributed by atoms with E-state index in [1.165, 1.54) is 18.3 Å². The van der Waals surface area contributed by atoms with Crippen LogP contribution < -0.4 is 4.74 Å². The molecule has 1 N–H and O–H groups in total. The SMILES string of the molecule is O=C(O)c1cc(F)c2nc(Cc3cc(F)c(-c4ccc(F)c(OCc5ncc(Cl)s5)n4)cc3F)n(CC3CCO3)c2c1. The van der Waals surface area contributed by atoms with E-state index in [4.69, 9.17) is 21.1 Å². The molecule has 0 radical (unpaired) electrons. The standard InChI is InChI=1S/C28H19ClF4N4O4S/c29-23-10-34-25(42-23)12-41-27-17(30)1-2-21(35-27)16-9-18(31)13(5-19(16)32)8-24-36-26-20(33)6-14(28(38)39)7-22(26)37(24)11-15-3-4-40-15/h1-2,5-7,9-10,15H,3-4,8,11-12H2,(H,38,39). The summed E-state index contributed by atoms with van der Waals surface area (Å²) in [5.74, 6) is -4.83. The lowest BCUT2D eigenvalue weighted by Gasteiger charge is -2.27. The van der Waals surface area contributed by atoms with Crippen molar-refractivity contribution in [1.82, 2.24) is 19.5 Å². The fourth-order valence-corrected chi connectivity index (χ4v) is 5.44. The van der Waals surface area contributed by atoms with Gasteiger partial charge in [0.05, 0.1) is 35.6 Å². The Morgan fingerprint density at radius 3 is 2.60 bits per heavy atom. The first-order valence-corrected chi connectivity index (χ1v) is 13.8. The molecule has 1 saturated heterocycles. The van der Waals surface area contributed by atoms with Crippen molar-refractivity contribution >= 4 is 39.9 Å². The van der Waals surface area contributed by atoms with Crippen molar-refractivity contribution in [2.24, 2.45) is 0 Å². The maximum absolute atomic E-state index is 15.4. The summed E-state index contributed by atoms with van der Waals surface area (Å²) < 4.78 is 72.8. The molecule has 4 heterocycles. The number of halogens is 5. The van der Waals surface area contributed by atoms with Gasteiger partial charge in [-0.05, 0) is 48.4 Å². The third kappa shape index (κ3) is 5.54. The molecule has 5 aromatic rings. The number of nitrogens with zero attached hydrogens (tertiary/aromatic N) is 4. The van der Waals surface area contributed by atoms with Crippen LogP contribution >= 0.6 is 22.9 Å². The van der Waals surface area contributed by atoms with Crippen molar-refractivity contribution in [1.29, 1.82) is 0 Å². The highest BCUT2D eigenvalue weighted by Gasteiger charge is 2.25. The van der Waals surface area contributed by atoms with E-state index < -0.39 is 35.1 Å². The lowest BCUT2D eigenvalue weighted by Crippen LogP contribution is -2.31. The molecule has 216 valence electrons. The van der Waals surface area contributed by atoms with Gasteiger partial charge in [-0.15, -0.1) is 11.3 Å². The van der Waals surface area contributed by atoms with Crippen LogP contribution in [0.3, 0.4) is 0 Å². The number of aromatic carboxylic acids is 1. The summed E-state index contributed by atoms with van der Waals surface area (Å²) >= 11 is 6.99. The van der Waals surface area contributed by atoms with Gasteiger partial charge in [0.1, 0.15) is 38.9 Å². The van der Waals surface area contributed by atoms with Crippen molar-refractivity contribution in [3.63, 3.8) is 0 Å². The summed E-state index contributed by atoms with van der Waals surface area (Å²) in [5.41, 5.74) is -0.528. The second kappa shape index (κ2) is 11.3. The Bertz CT molecular complexity index is 1840. The van der Waals surface area contributed by atoms with Gasteiger partial charge in [-0.25, -0.2) is 37.3 Å². The Morgan fingerprint density at radius 1 is 1.10 bits per heavy atom. The highest BCUT2D eigenvalue weighted by molar-refractivity contribution is 7.15. The number of hydrogen-bond donors (Lipinski definition) is 1. The van der Waals surface area contributed by atoms with Gasteiger partial charge in [0.15, 0.2) is 11.6 Å². The topological polar surface area (TPSA) is 99.4 Å². The van der Waals surface area contributed by atoms with Crippen LogP contribution in [0.25, 0.3) is 22.3 Å². The predicted molar refractivity (Wildman–Crippen MR) is 145 cm³/mol. The highest BCUT2D eigenvalue weighted by atomic mass is 35.5. The maximum Gasteiger partial charge on any atom is 0.335 e. The lowest BCUT2D eigenvalue weighted by molar-refractivity contribution is -0.0589. The Hall–Kier alpha value is -4.07. The molecule has 6 rings (SSSR count). The number of imidazole rings is 1. The smallest absolute Gasteiger partial charge is 0.335 e. The number of rotatable bonds is 9. The Balaban J connectivity index is 1.32. The molecular formula is C28H19ClF4N4O4S. The van der Waals surface area contributed by atoms with Gasteiger partial charge in [0.25, 0.3) is 5.88 Å². The zero-order chi connectivity index (χ0) is 29.5. The van der Waals surface area contributed by atoms with E-state index in [0.717, 1.165) is 42.0 Å². The first-order valence-electron chi connectivity index (χ1n) is 12.6. The zero-order valence-electron chi connectivity index (χ0n) is 21.4. The lowest BCUT2D eigenvalue weighted by atomic mass is 10.0. The number of carboxylic acids is 1. The number of carboxylic acid groups (broad SMARTS) is 1. The van der Waals surface area contributed by atoms with Crippen LogP contribution in [-0.4, -0.2) is 43.3 Å². The van der Waals surface area contributed by atoms with E-state index in [1.54, 1.807) is 4.57 Å². The Morgan fingerprint density at radius 2 is 1.90 bits per heavy atom. The molecule has 42 heavy (non-hydrogen) atoms. The molecule has 0 amide bonds. The molecular weight excluding hydrogens is 600 g/mol. The second-order valence-electron chi connectivity index (χ2n) is 9.48. The Labute approximate surface area is 244 Å². The van der Waals surface area contributed by atoms with Crippen molar-refractivity contribution in [2.75, 3.05) is 6.61 Å². The predicted octanol–water partition coefficient (Wildman–Crippen LogP) is 6.42. The summed E-state index contributed by atoms with van der Waals surface area (Å²) in [5, 5.41) is 9.86. The van der Waals surface area contributed by atoms with E-state index in [9.17, 15) is 18.7 Å². The van der Waals surface area contributed by atoms with Crippen LogP contribution in [0.2, 0.25) is 4.34 Å². The minimum absolute atomic E-state index is 0.0656. The molecule has 0 spiro atoms. The van der Waals surface area contributed by atoms with E-state index in [0.29, 0.717) is 16.0 Å². The van der Waals surface area contributed by atoms with Crippen LogP contribution in [0.15, 0.2) is 42.6 Å². The van der Waals surface area contributed by atoms with Crippen LogP contribution in [0.5, 0.6) is 5.88 Å². The number of carbonyl (C=O) groups is 1. The molecule has 2 aromatic carbocycles. The van der Waals surface area contributed by atoms with Gasteiger partial charge < -0.3 is 19.1 Å². The summed E-state index contributed by atoms with van der Waals surface area (Å²) in [6.45, 7) is 0.653. The van der Waals surface area contributed by atoms with Gasteiger partial charge in [0.2, 0.25) is 0 Å². The normalized spacial score (nSPS) is 14.7. The number of aromatic nitrogens is 4. The highest BCUT2D eigenvalue weighted by Crippen LogP contribution is 2.31. The molecule has 0 aliphatic carbocycles. The number of pyridine rings is 1. The molecule has 14 heteroatoms. The molecule has 0 bridgehead atoms. The van der Waals surface area contributed by atoms with E-state index in [1.807, 2.05) is 0 Å². The molecule has 8 nitrogen and oxygen atoms in total. The Kier molecular flexibility index (Phi) is 7.56. The molecule has 3 aromatic heterocycles. The average molecular weight is 619 g/mol. The quantitative estimate of drug-likeness (QED) is 0.190. The van der Waals surface area contributed by atoms with Crippen molar-refractivity contribution < 1.29 is 36.9 Å². The minimum Gasteiger partial charge on any atom is -0.478 e. The third-order valence-corrected chi connectivity index (χ3v) is 7.83. The maximum atomic E-state index is 15.4. The van der Waals surface area contributed by atoms with E-state index in [2.05, 4.69) is 15.0 Å². The van der Waals surface area contributed by atoms with Crippen LogP contribution in [-0.2, 0) is 24.3 Å². The van der Waals surface area contributed by atoms with Crippen LogP contribution in [0, 0.1) is 23.3 Å². The summed E-state index contributed by atoms with van der Waals surface area (Å²) in [7, 11) is 0. The first-order chi connectivity index (χ1) is 20.2. The first kappa shape index (κ1) is 28.1.